The van der Waals surface area contributed by atoms with Crippen LogP contribution in [0.4, 0.5) is 0 Å². The van der Waals surface area contributed by atoms with Gasteiger partial charge >= 0.3 is 0 Å². The molecule has 2 aromatic rings. The van der Waals surface area contributed by atoms with Crippen LogP contribution in [-0.2, 0) is 4.74 Å². The second-order valence-electron chi connectivity index (χ2n) is 8.00. The lowest BCUT2D eigenvalue weighted by atomic mass is 9.92. The number of piperazine rings is 1. The summed E-state index contributed by atoms with van der Waals surface area (Å²) in [5, 5.41) is 8.94. The number of nitrogens with zero attached hydrogens (tertiary/aromatic N) is 3. The van der Waals surface area contributed by atoms with E-state index in [9.17, 15) is 4.79 Å². The van der Waals surface area contributed by atoms with Crippen LogP contribution in [0.5, 0.6) is 0 Å². The minimum atomic E-state index is -0.135. The first-order valence-corrected chi connectivity index (χ1v) is 9.68. The fraction of sp³-hybridized carbons (Fsp3) is 0.650. The number of ether oxygens (including phenoxy) is 1. The van der Waals surface area contributed by atoms with Gasteiger partial charge in [0, 0.05) is 37.8 Å². The maximum Gasteiger partial charge on any atom is 0.226 e. The average molecular weight is 411 g/mol. The van der Waals surface area contributed by atoms with Gasteiger partial charge in [0.05, 0.1) is 31.4 Å². The number of fused-ring (bicyclic) bond motifs is 1. The first-order valence-electron chi connectivity index (χ1n) is 9.68. The Labute approximate surface area is 171 Å². The molecule has 0 saturated carbocycles. The van der Waals surface area contributed by atoms with Crippen molar-refractivity contribution in [3.63, 3.8) is 0 Å². The summed E-state index contributed by atoms with van der Waals surface area (Å²) in [6.07, 6.45) is 0. The summed E-state index contributed by atoms with van der Waals surface area (Å²) in [4.78, 5) is 18.5. The van der Waals surface area contributed by atoms with E-state index >= 15 is 0 Å². The zero-order chi connectivity index (χ0) is 20.3. The van der Waals surface area contributed by atoms with Gasteiger partial charge in [-0.05, 0) is 40.2 Å². The molecule has 4 rings (SSSR count). The lowest BCUT2D eigenvalue weighted by Gasteiger charge is -2.54. The fourth-order valence-corrected chi connectivity index (χ4v) is 3.62. The van der Waals surface area contributed by atoms with Crippen molar-refractivity contribution in [1.29, 1.82) is 0 Å². The maximum absolute atomic E-state index is 11.9. The predicted molar refractivity (Wildman–Crippen MR) is 109 cm³/mol. The Bertz CT molecular complexity index is 782. The molecule has 0 bridgehead atoms. The predicted octanol–water partition coefficient (Wildman–Crippen LogP) is 0.329. The molecule has 164 valence electrons. The first kappa shape index (κ1) is 23.5. The van der Waals surface area contributed by atoms with Gasteiger partial charge < -0.3 is 20.2 Å². The smallest absolute Gasteiger partial charge is 0.226 e. The lowest BCUT2D eigenvalue weighted by Crippen LogP contribution is -2.71. The molecule has 2 aliphatic rings. The summed E-state index contributed by atoms with van der Waals surface area (Å²) in [5.41, 5.74) is 2.18. The number of hydrogen-bond donors (Lipinski definition) is 1. The number of carbonyl (C=O) groups is 1. The third-order valence-corrected chi connectivity index (χ3v) is 5.70. The van der Waals surface area contributed by atoms with E-state index in [2.05, 4.69) is 16.8 Å². The Morgan fingerprint density at radius 2 is 1.93 bits per heavy atom. The molecule has 0 amide bonds. The number of aliphatic hydroxyl groups is 1. The molecule has 1 aromatic heterocycles. The number of carbonyl (C=O) groups excluding carboxylic acids is 1. The summed E-state index contributed by atoms with van der Waals surface area (Å²) in [5.74, 6) is 0.0818. The Hall–Kier alpha value is -1.75. The van der Waals surface area contributed by atoms with Crippen LogP contribution in [0.25, 0.3) is 11.2 Å². The first-order chi connectivity index (χ1) is 13.4. The highest BCUT2D eigenvalue weighted by Gasteiger charge is 2.46. The molecule has 2 aliphatic heterocycles. The minimum absolute atomic E-state index is 0. The molecule has 2 fully saturated rings. The molecule has 0 unspecified atom stereocenters. The van der Waals surface area contributed by atoms with Gasteiger partial charge in [-0.15, -0.1) is 0 Å². The van der Waals surface area contributed by atoms with Gasteiger partial charge in [0.2, 0.25) is 11.2 Å². The SMILES string of the molecule is CN1CCN(CCO)C2(COC2)C1.C[C@@H](C(=O)c1ccc2ooc2c1)N(C)C.O. The van der Waals surface area contributed by atoms with Crippen molar-refractivity contribution >= 4 is 16.9 Å². The second-order valence-corrected chi connectivity index (χ2v) is 8.00. The number of β-amino-alcohol motifs (C(OH)–C–C–N with tert-alkyl or cyclic N) is 1. The number of likely N-dealkylation sites (N-methyl/N-ethyl adjacent to an activating group) is 2. The van der Waals surface area contributed by atoms with Gasteiger partial charge in [-0.3, -0.25) is 23.7 Å². The minimum Gasteiger partial charge on any atom is -0.412 e. The Kier molecular flexibility index (Phi) is 7.98. The molecule has 29 heavy (non-hydrogen) atoms. The van der Waals surface area contributed by atoms with Gasteiger partial charge in [0.15, 0.2) is 5.78 Å². The largest absolute Gasteiger partial charge is 0.412 e. The van der Waals surface area contributed by atoms with Crippen LogP contribution in [0, 0.1) is 0 Å². The van der Waals surface area contributed by atoms with Crippen LogP contribution in [0.3, 0.4) is 0 Å². The van der Waals surface area contributed by atoms with Crippen molar-refractivity contribution in [1.82, 2.24) is 14.7 Å². The number of Topliss-reactive ketones (excluding diaryl/α,β-unsaturated/α-hetero) is 1. The summed E-state index contributed by atoms with van der Waals surface area (Å²) < 4.78 is 14.7. The van der Waals surface area contributed by atoms with Gasteiger partial charge in [-0.2, -0.15) is 0 Å². The normalized spacial score (nSPS) is 20.1. The third kappa shape index (κ3) is 5.06. The topological polar surface area (TPSA) is 114 Å². The second kappa shape index (κ2) is 9.84. The average Bonchev–Trinajstić information content (AvgIpc) is 2.62. The molecular weight excluding hydrogens is 378 g/mol. The highest BCUT2D eigenvalue weighted by Crippen LogP contribution is 2.28. The van der Waals surface area contributed by atoms with Crippen LogP contribution < -0.4 is 0 Å². The number of hydrogen-bond acceptors (Lipinski definition) is 8. The molecule has 1 aromatic carbocycles. The molecular formula is C20H33N3O6. The number of ketones is 1. The molecule has 3 N–H and O–H groups in total. The van der Waals surface area contributed by atoms with E-state index in [1.54, 1.807) is 18.2 Å². The van der Waals surface area contributed by atoms with E-state index in [0.29, 0.717) is 16.7 Å². The molecule has 1 spiro atoms. The molecule has 1 atom stereocenters. The van der Waals surface area contributed by atoms with E-state index in [1.807, 2.05) is 25.9 Å². The van der Waals surface area contributed by atoms with Crippen molar-refractivity contribution in [2.24, 2.45) is 0 Å². The number of aliphatic hydroxyl groups excluding tert-OH is 1. The highest BCUT2D eigenvalue weighted by molar-refractivity contribution is 6.01. The fourth-order valence-electron chi connectivity index (χ4n) is 3.62. The molecule has 0 aliphatic carbocycles. The zero-order valence-electron chi connectivity index (χ0n) is 17.7. The van der Waals surface area contributed by atoms with Gasteiger partial charge in [-0.25, -0.2) is 0 Å². The Balaban J connectivity index is 0.000000202. The Morgan fingerprint density at radius 3 is 2.41 bits per heavy atom. The van der Waals surface area contributed by atoms with Crippen molar-refractivity contribution in [2.45, 2.75) is 18.5 Å². The molecule has 9 nitrogen and oxygen atoms in total. The maximum atomic E-state index is 11.9. The van der Waals surface area contributed by atoms with Crippen LogP contribution in [0.1, 0.15) is 17.3 Å². The monoisotopic (exact) mass is 411 g/mol. The molecule has 9 heteroatoms. The van der Waals surface area contributed by atoms with Crippen molar-refractivity contribution < 1.29 is 29.3 Å². The summed E-state index contributed by atoms with van der Waals surface area (Å²) in [7, 11) is 5.91. The van der Waals surface area contributed by atoms with Crippen molar-refractivity contribution in [3.05, 3.63) is 23.8 Å². The summed E-state index contributed by atoms with van der Waals surface area (Å²) in [6.45, 7) is 7.81. The van der Waals surface area contributed by atoms with E-state index in [0.717, 1.165) is 39.4 Å². The van der Waals surface area contributed by atoms with E-state index in [4.69, 9.17) is 19.0 Å². The third-order valence-electron chi connectivity index (χ3n) is 5.70. The molecule has 2 saturated heterocycles. The van der Waals surface area contributed by atoms with Gasteiger partial charge in [0.1, 0.15) is 0 Å². The molecule has 3 heterocycles. The van der Waals surface area contributed by atoms with Crippen molar-refractivity contribution in [2.75, 3.05) is 67.1 Å². The van der Waals surface area contributed by atoms with Crippen LogP contribution >= 0.6 is 0 Å². The van der Waals surface area contributed by atoms with Crippen LogP contribution in [0.15, 0.2) is 27.4 Å². The van der Waals surface area contributed by atoms with E-state index < -0.39 is 0 Å². The van der Waals surface area contributed by atoms with Gasteiger partial charge in [0.25, 0.3) is 0 Å². The lowest BCUT2D eigenvalue weighted by molar-refractivity contribution is -0.168. The van der Waals surface area contributed by atoms with E-state index in [1.165, 1.54) is 0 Å². The van der Waals surface area contributed by atoms with Gasteiger partial charge in [-0.1, -0.05) is 0 Å². The zero-order valence-corrected chi connectivity index (χ0v) is 17.7. The quantitative estimate of drug-likeness (QED) is 0.553. The van der Waals surface area contributed by atoms with Crippen LogP contribution in [0.2, 0.25) is 0 Å². The number of benzene rings is 1. The molecule has 0 radical (unpaired) electrons. The standard InChI is InChI=1S/C11H13NO3.C9H18N2O2.H2O/c1-7(12(2)3)11(13)8-4-5-9-10(6-8)15-14-9;1-10-2-3-11(4-5-12)9(6-10)7-13-8-9;/h4-7H,1-3H3;12H,2-8H2,1H3;1H2/t7-;;/m0../s1. The highest BCUT2D eigenvalue weighted by atomic mass is 17.0. The summed E-state index contributed by atoms with van der Waals surface area (Å²) >= 11 is 0. The Morgan fingerprint density at radius 1 is 1.24 bits per heavy atom. The van der Waals surface area contributed by atoms with Crippen molar-refractivity contribution in [3.8, 4) is 0 Å². The summed E-state index contributed by atoms with van der Waals surface area (Å²) in [6, 6.07) is 5.07. The van der Waals surface area contributed by atoms with Crippen LogP contribution in [-0.4, -0.2) is 110 Å². The van der Waals surface area contributed by atoms with E-state index in [-0.39, 0.29) is 29.4 Å². The number of rotatable bonds is 5.